The van der Waals surface area contributed by atoms with E-state index in [1.165, 1.54) is 23.4 Å². The molecule has 1 atom stereocenters. The third-order valence-electron chi connectivity index (χ3n) is 4.23. The first-order chi connectivity index (χ1) is 9.91. The van der Waals surface area contributed by atoms with Crippen LogP contribution in [0, 0.1) is 0 Å². The van der Waals surface area contributed by atoms with Gasteiger partial charge in [0.2, 0.25) is 0 Å². The molecule has 1 aromatic rings. The van der Waals surface area contributed by atoms with Gasteiger partial charge in [0.25, 0.3) is 0 Å². The van der Waals surface area contributed by atoms with Crippen LogP contribution in [0.15, 0.2) is 22.7 Å². The van der Waals surface area contributed by atoms with Crippen molar-refractivity contribution in [3.8, 4) is 0 Å². The van der Waals surface area contributed by atoms with Crippen molar-refractivity contribution in [2.45, 2.75) is 50.8 Å². The first kappa shape index (κ1) is 17.2. The number of hydrogen-bond donors (Lipinski definition) is 1. The number of halogens is 1. The summed E-state index contributed by atoms with van der Waals surface area (Å²) in [5, 5.41) is 0. The van der Waals surface area contributed by atoms with Gasteiger partial charge in [-0.3, -0.25) is 0 Å². The van der Waals surface area contributed by atoms with E-state index in [-0.39, 0.29) is 6.04 Å². The van der Waals surface area contributed by atoms with Crippen molar-refractivity contribution < 1.29 is 0 Å². The normalized spacial score (nSPS) is 20.1. The molecule has 1 aromatic carbocycles. The minimum atomic E-state index is 0.246. The van der Waals surface area contributed by atoms with E-state index >= 15 is 0 Å². The van der Waals surface area contributed by atoms with E-state index in [1.54, 1.807) is 0 Å². The maximum Gasteiger partial charge on any atom is 0.0400 e. The Kier molecular flexibility index (Phi) is 6.04. The third-order valence-corrected chi connectivity index (χ3v) is 6.09. The van der Waals surface area contributed by atoms with E-state index in [1.807, 2.05) is 0 Å². The summed E-state index contributed by atoms with van der Waals surface area (Å²) >= 11 is 5.69. The first-order valence-electron chi connectivity index (χ1n) is 7.84. The van der Waals surface area contributed by atoms with Crippen LogP contribution >= 0.6 is 27.7 Å². The Hall–Kier alpha value is -0.190. The number of hydrogen-bond acceptors (Lipinski definition) is 3. The lowest BCUT2D eigenvalue weighted by Gasteiger charge is -2.27. The lowest BCUT2D eigenvalue weighted by molar-refractivity contribution is 0.628. The van der Waals surface area contributed by atoms with E-state index in [9.17, 15) is 0 Å². The largest absolute Gasteiger partial charge is 0.370 e. The molecular weight excluding hydrogens is 344 g/mol. The second-order valence-electron chi connectivity index (χ2n) is 6.49. The Labute approximate surface area is 142 Å². The zero-order valence-corrected chi connectivity index (χ0v) is 15.8. The fourth-order valence-corrected chi connectivity index (χ4v) is 4.22. The van der Waals surface area contributed by atoms with Gasteiger partial charge in [0.1, 0.15) is 0 Å². The highest BCUT2D eigenvalue weighted by Gasteiger charge is 2.24. The molecule has 21 heavy (non-hydrogen) atoms. The van der Waals surface area contributed by atoms with Crippen LogP contribution < -0.4 is 10.6 Å². The summed E-state index contributed by atoms with van der Waals surface area (Å²) in [5.41, 5.74) is 8.94. The van der Waals surface area contributed by atoms with E-state index < -0.39 is 0 Å². The molecule has 1 unspecified atom stereocenters. The Morgan fingerprint density at radius 2 is 2.14 bits per heavy atom. The van der Waals surface area contributed by atoms with Crippen LogP contribution in [-0.4, -0.2) is 29.6 Å². The molecule has 0 radical (unpaired) electrons. The van der Waals surface area contributed by atoms with Crippen molar-refractivity contribution in [3.05, 3.63) is 28.2 Å². The highest BCUT2D eigenvalue weighted by atomic mass is 79.9. The van der Waals surface area contributed by atoms with Gasteiger partial charge >= 0.3 is 0 Å². The van der Waals surface area contributed by atoms with Crippen LogP contribution in [0.2, 0.25) is 0 Å². The molecule has 0 aromatic heterocycles. The van der Waals surface area contributed by atoms with Crippen LogP contribution in [0.1, 0.15) is 39.2 Å². The molecule has 2 nitrogen and oxygen atoms in total. The van der Waals surface area contributed by atoms with Gasteiger partial charge < -0.3 is 10.6 Å². The molecule has 2 rings (SSSR count). The van der Waals surface area contributed by atoms with Gasteiger partial charge in [-0.15, -0.1) is 0 Å². The molecule has 118 valence electrons. The maximum absolute atomic E-state index is 6.19. The van der Waals surface area contributed by atoms with Gasteiger partial charge in [-0.25, -0.2) is 0 Å². The molecular formula is C17H27BrN2S. The van der Waals surface area contributed by atoms with Crippen molar-refractivity contribution in [2.75, 3.05) is 23.7 Å². The van der Waals surface area contributed by atoms with Crippen LogP contribution in [0.25, 0.3) is 0 Å². The van der Waals surface area contributed by atoms with Gasteiger partial charge in [0.15, 0.2) is 0 Å². The number of thioether (sulfide) groups is 1. The molecule has 0 saturated carbocycles. The Morgan fingerprint density at radius 1 is 1.38 bits per heavy atom. The molecule has 0 amide bonds. The number of rotatable bonds is 4. The SMILES string of the molecule is CCC(N)Cc1cc(Br)ccc1N1CCSC(C)(C)CC1. The van der Waals surface area contributed by atoms with Gasteiger partial charge in [-0.1, -0.05) is 36.7 Å². The molecule has 0 bridgehead atoms. The Morgan fingerprint density at radius 3 is 2.86 bits per heavy atom. The van der Waals surface area contributed by atoms with Gasteiger partial charge in [-0.05, 0) is 43.0 Å². The average molecular weight is 371 g/mol. The van der Waals surface area contributed by atoms with Gasteiger partial charge in [0.05, 0.1) is 0 Å². The molecule has 0 spiro atoms. The molecule has 2 N–H and O–H groups in total. The summed E-state index contributed by atoms with van der Waals surface area (Å²) in [7, 11) is 0. The highest BCUT2D eigenvalue weighted by Crippen LogP contribution is 2.34. The number of benzene rings is 1. The third kappa shape index (κ3) is 4.90. The highest BCUT2D eigenvalue weighted by molar-refractivity contribution is 9.10. The summed E-state index contributed by atoms with van der Waals surface area (Å²) in [5.74, 6) is 1.20. The molecule has 1 aliphatic rings. The standard InChI is InChI=1S/C17H27BrN2S/c1-4-15(19)12-13-11-14(18)5-6-16(13)20-8-7-17(2,3)21-10-9-20/h5-6,11,15H,4,7-10,12,19H2,1-3H3. The van der Waals surface area contributed by atoms with E-state index in [4.69, 9.17) is 5.73 Å². The van der Waals surface area contributed by atoms with E-state index in [2.05, 4.69) is 71.6 Å². The number of nitrogens with two attached hydrogens (primary N) is 1. The molecule has 0 aliphatic carbocycles. The lowest BCUT2D eigenvalue weighted by atomic mass is 10.0. The average Bonchev–Trinajstić information content (AvgIpc) is 2.60. The fourth-order valence-electron chi connectivity index (χ4n) is 2.71. The van der Waals surface area contributed by atoms with Gasteiger partial charge in [0, 0.05) is 39.8 Å². The van der Waals surface area contributed by atoms with Crippen molar-refractivity contribution in [3.63, 3.8) is 0 Å². The predicted molar refractivity (Wildman–Crippen MR) is 99.5 cm³/mol. The van der Waals surface area contributed by atoms with Crippen molar-refractivity contribution >= 4 is 33.4 Å². The van der Waals surface area contributed by atoms with E-state index in [0.717, 1.165) is 30.4 Å². The lowest BCUT2D eigenvalue weighted by Crippen LogP contribution is -2.29. The summed E-state index contributed by atoms with van der Waals surface area (Å²) in [6.45, 7) is 9.14. The van der Waals surface area contributed by atoms with Crippen LogP contribution in [0.5, 0.6) is 0 Å². The zero-order chi connectivity index (χ0) is 15.5. The molecule has 4 heteroatoms. The summed E-state index contributed by atoms with van der Waals surface area (Å²) in [6, 6.07) is 6.90. The minimum Gasteiger partial charge on any atom is -0.370 e. The van der Waals surface area contributed by atoms with Crippen molar-refractivity contribution in [1.29, 1.82) is 0 Å². The quantitative estimate of drug-likeness (QED) is 0.848. The van der Waals surface area contributed by atoms with Gasteiger partial charge in [-0.2, -0.15) is 11.8 Å². The monoisotopic (exact) mass is 370 g/mol. The topological polar surface area (TPSA) is 29.3 Å². The Bertz CT molecular complexity index is 476. The molecule has 1 fully saturated rings. The number of nitrogens with zero attached hydrogens (tertiary/aromatic N) is 1. The van der Waals surface area contributed by atoms with Crippen LogP contribution in [0.4, 0.5) is 5.69 Å². The van der Waals surface area contributed by atoms with Crippen LogP contribution in [-0.2, 0) is 6.42 Å². The molecule has 1 saturated heterocycles. The maximum atomic E-state index is 6.19. The van der Waals surface area contributed by atoms with Crippen molar-refractivity contribution in [2.24, 2.45) is 5.73 Å². The zero-order valence-electron chi connectivity index (χ0n) is 13.4. The molecule has 1 heterocycles. The second kappa shape index (κ2) is 7.38. The Balaban J connectivity index is 2.21. The second-order valence-corrected chi connectivity index (χ2v) is 9.21. The summed E-state index contributed by atoms with van der Waals surface area (Å²) < 4.78 is 1.54. The van der Waals surface area contributed by atoms with E-state index in [0.29, 0.717) is 4.75 Å². The minimum absolute atomic E-state index is 0.246. The number of anilines is 1. The molecule has 1 aliphatic heterocycles. The predicted octanol–water partition coefficient (Wildman–Crippen LogP) is 4.45. The first-order valence-corrected chi connectivity index (χ1v) is 9.62. The summed E-state index contributed by atoms with van der Waals surface area (Å²) in [4.78, 5) is 2.55. The van der Waals surface area contributed by atoms with Crippen molar-refractivity contribution in [1.82, 2.24) is 0 Å². The van der Waals surface area contributed by atoms with Crippen LogP contribution in [0.3, 0.4) is 0 Å². The fraction of sp³-hybridized carbons (Fsp3) is 0.647. The summed E-state index contributed by atoms with van der Waals surface area (Å²) in [6.07, 6.45) is 3.21. The smallest absolute Gasteiger partial charge is 0.0400 e.